The Bertz CT molecular complexity index is 1240. The number of H-pyrrole nitrogens is 1. The predicted molar refractivity (Wildman–Crippen MR) is 119 cm³/mol. The molecule has 1 saturated heterocycles. The van der Waals surface area contributed by atoms with Crippen molar-refractivity contribution < 1.29 is 9.32 Å². The molecule has 1 aliphatic heterocycles. The predicted octanol–water partition coefficient (Wildman–Crippen LogP) is 4.58. The number of nitrogens with zero attached hydrogens (tertiary/aromatic N) is 5. The summed E-state index contributed by atoms with van der Waals surface area (Å²) in [5, 5.41) is 4.74. The number of carbonyl (C=O) groups is 1. The first-order valence-electron chi connectivity index (χ1n) is 10.4. The summed E-state index contributed by atoms with van der Waals surface area (Å²) >= 11 is 5.97. The molecule has 1 fully saturated rings. The van der Waals surface area contributed by atoms with Gasteiger partial charge in [-0.1, -0.05) is 16.8 Å². The Morgan fingerprint density at radius 1 is 1.25 bits per heavy atom. The van der Waals surface area contributed by atoms with E-state index in [0.29, 0.717) is 34.5 Å². The minimum atomic E-state index is -0.0328. The monoisotopic (exact) mass is 448 g/mol. The van der Waals surface area contributed by atoms with Gasteiger partial charge in [-0.2, -0.15) is 4.98 Å². The molecule has 1 aliphatic rings. The highest BCUT2D eigenvalue weighted by molar-refractivity contribution is 6.30. The fourth-order valence-corrected chi connectivity index (χ4v) is 4.17. The van der Waals surface area contributed by atoms with E-state index in [9.17, 15) is 4.79 Å². The Balaban J connectivity index is 1.36. The molecule has 0 saturated carbocycles. The van der Waals surface area contributed by atoms with Crippen LogP contribution in [0.2, 0.25) is 5.02 Å². The minimum Gasteiger partial charge on any atom is -0.356 e. The fourth-order valence-electron chi connectivity index (χ4n) is 4.00. The number of aromatic amines is 1. The molecule has 0 spiro atoms. The molecule has 8 nitrogen and oxygen atoms in total. The minimum absolute atomic E-state index is 0.00212. The van der Waals surface area contributed by atoms with Crippen LogP contribution in [0.1, 0.15) is 41.9 Å². The molecule has 1 N–H and O–H groups in total. The van der Waals surface area contributed by atoms with Gasteiger partial charge in [0.2, 0.25) is 0 Å². The number of halogens is 1. The van der Waals surface area contributed by atoms with Crippen molar-refractivity contribution >= 4 is 17.5 Å². The molecule has 2 unspecified atom stereocenters. The van der Waals surface area contributed by atoms with Gasteiger partial charge in [-0.25, -0.2) is 0 Å². The second kappa shape index (κ2) is 8.55. The Kier molecular flexibility index (Phi) is 5.45. The third-order valence-electron chi connectivity index (χ3n) is 5.79. The van der Waals surface area contributed by atoms with Crippen molar-refractivity contribution in [3.63, 3.8) is 0 Å². The molecule has 5 rings (SSSR count). The Labute approximate surface area is 189 Å². The summed E-state index contributed by atoms with van der Waals surface area (Å²) < 4.78 is 5.42. The summed E-state index contributed by atoms with van der Waals surface area (Å²) in [6.45, 7) is 2.59. The van der Waals surface area contributed by atoms with Crippen LogP contribution in [0.25, 0.3) is 22.8 Å². The van der Waals surface area contributed by atoms with E-state index < -0.39 is 0 Å². The van der Waals surface area contributed by atoms with E-state index in [1.165, 1.54) is 0 Å². The van der Waals surface area contributed by atoms with Crippen LogP contribution < -0.4 is 0 Å². The second-order valence-corrected chi connectivity index (χ2v) is 8.38. The number of rotatable bonds is 4. The van der Waals surface area contributed by atoms with E-state index in [1.807, 2.05) is 23.1 Å². The largest absolute Gasteiger partial charge is 0.356 e. The molecule has 4 aromatic rings. The number of carbonyl (C=O) groups excluding carboxylic acids is 1. The molecule has 0 bridgehead atoms. The average molecular weight is 449 g/mol. The molecule has 32 heavy (non-hydrogen) atoms. The highest BCUT2D eigenvalue weighted by atomic mass is 35.5. The first-order chi connectivity index (χ1) is 15.6. The van der Waals surface area contributed by atoms with Crippen LogP contribution in [0.4, 0.5) is 0 Å². The Hall–Kier alpha value is -3.52. The van der Waals surface area contributed by atoms with Crippen molar-refractivity contribution in [3.05, 3.63) is 71.5 Å². The maximum atomic E-state index is 13.4. The second-order valence-electron chi connectivity index (χ2n) is 7.94. The molecule has 0 aliphatic carbocycles. The van der Waals surface area contributed by atoms with Crippen molar-refractivity contribution in [2.24, 2.45) is 0 Å². The van der Waals surface area contributed by atoms with Crippen molar-refractivity contribution in [1.29, 1.82) is 0 Å². The number of hydrogen-bond acceptors (Lipinski definition) is 6. The number of nitrogens with one attached hydrogen (secondary N) is 1. The third kappa shape index (κ3) is 4.01. The summed E-state index contributed by atoms with van der Waals surface area (Å²) in [6, 6.07) is 9.19. The molecular weight excluding hydrogens is 428 g/mol. The number of pyridine rings is 2. The SMILES string of the molecule is CC1CCC(c2noc(-c3cc(Cl)c[nH]3)n2)CN1C(=O)c1ccnc(-c2cccnc2)c1. The van der Waals surface area contributed by atoms with Crippen molar-refractivity contribution in [1.82, 2.24) is 30.0 Å². The van der Waals surface area contributed by atoms with Crippen molar-refractivity contribution in [2.45, 2.75) is 31.7 Å². The summed E-state index contributed by atoms with van der Waals surface area (Å²) in [5.74, 6) is 0.951. The van der Waals surface area contributed by atoms with Crippen molar-refractivity contribution in [2.75, 3.05) is 6.54 Å². The number of amides is 1. The van der Waals surface area contributed by atoms with E-state index in [4.69, 9.17) is 16.1 Å². The van der Waals surface area contributed by atoms with E-state index in [0.717, 1.165) is 24.1 Å². The lowest BCUT2D eigenvalue weighted by Crippen LogP contribution is -2.45. The number of hydrogen-bond donors (Lipinski definition) is 1. The summed E-state index contributed by atoms with van der Waals surface area (Å²) in [7, 11) is 0. The van der Waals surface area contributed by atoms with Gasteiger partial charge in [0.15, 0.2) is 5.82 Å². The van der Waals surface area contributed by atoms with Gasteiger partial charge in [-0.3, -0.25) is 14.8 Å². The van der Waals surface area contributed by atoms with Gasteiger partial charge < -0.3 is 14.4 Å². The zero-order valence-corrected chi connectivity index (χ0v) is 18.2. The number of piperidine rings is 1. The van der Waals surface area contributed by atoms with Gasteiger partial charge in [0.1, 0.15) is 5.69 Å². The Morgan fingerprint density at radius 3 is 2.94 bits per heavy atom. The molecule has 1 amide bonds. The van der Waals surface area contributed by atoms with E-state index >= 15 is 0 Å². The maximum Gasteiger partial charge on any atom is 0.274 e. The maximum absolute atomic E-state index is 13.4. The normalized spacial score (nSPS) is 18.6. The first-order valence-corrected chi connectivity index (χ1v) is 10.8. The fraction of sp³-hybridized carbons (Fsp3) is 0.261. The molecule has 0 aromatic carbocycles. The molecule has 2 atom stereocenters. The van der Waals surface area contributed by atoms with Gasteiger partial charge in [0, 0.05) is 54.4 Å². The molecular formula is C23H21ClN6O2. The van der Waals surface area contributed by atoms with Gasteiger partial charge in [0.25, 0.3) is 11.8 Å². The molecule has 5 heterocycles. The van der Waals surface area contributed by atoms with Crippen LogP contribution in [0.15, 0.2) is 59.6 Å². The summed E-state index contributed by atoms with van der Waals surface area (Å²) in [4.78, 5) is 31.4. The van der Waals surface area contributed by atoms with Crippen LogP contribution in [0.3, 0.4) is 0 Å². The van der Waals surface area contributed by atoms with E-state index in [2.05, 4.69) is 32.0 Å². The van der Waals surface area contributed by atoms with Gasteiger partial charge >= 0.3 is 0 Å². The van der Waals surface area contributed by atoms with Gasteiger partial charge in [0.05, 0.1) is 10.7 Å². The first kappa shape index (κ1) is 20.4. The lowest BCUT2D eigenvalue weighted by molar-refractivity contribution is 0.0604. The lowest BCUT2D eigenvalue weighted by atomic mass is 9.92. The highest BCUT2D eigenvalue weighted by Crippen LogP contribution is 2.31. The lowest BCUT2D eigenvalue weighted by Gasteiger charge is -2.37. The van der Waals surface area contributed by atoms with Crippen LogP contribution in [-0.2, 0) is 0 Å². The average Bonchev–Trinajstić information content (AvgIpc) is 3.49. The summed E-state index contributed by atoms with van der Waals surface area (Å²) in [6.07, 6.45) is 8.51. The van der Waals surface area contributed by atoms with Crippen molar-refractivity contribution in [3.8, 4) is 22.8 Å². The molecule has 162 valence electrons. The smallest absolute Gasteiger partial charge is 0.274 e. The van der Waals surface area contributed by atoms with Gasteiger partial charge in [-0.05, 0) is 50.1 Å². The van der Waals surface area contributed by atoms with Gasteiger partial charge in [-0.15, -0.1) is 0 Å². The number of likely N-dealkylation sites (tertiary alicyclic amines) is 1. The molecule has 4 aromatic heterocycles. The zero-order chi connectivity index (χ0) is 22.1. The zero-order valence-electron chi connectivity index (χ0n) is 17.4. The van der Waals surface area contributed by atoms with Crippen LogP contribution in [0.5, 0.6) is 0 Å². The highest BCUT2D eigenvalue weighted by Gasteiger charge is 2.33. The molecule has 9 heteroatoms. The third-order valence-corrected chi connectivity index (χ3v) is 6.01. The van der Waals surface area contributed by atoms with E-state index in [-0.39, 0.29) is 17.9 Å². The number of aromatic nitrogens is 5. The van der Waals surface area contributed by atoms with Crippen LogP contribution >= 0.6 is 11.6 Å². The topological polar surface area (TPSA) is 101 Å². The molecule has 0 radical (unpaired) electrons. The van der Waals surface area contributed by atoms with E-state index in [1.54, 1.807) is 36.9 Å². The van der Waals surface area contributed by atoms with Crippen LogP contribution in [-0.4, -0.2) is 48.5 Å². The Morgan fingerprint density at radius 2 is 2.16 bits per heavy atom. The quantitative estimate of drug-likeness (QED) is 0.490. The summed E-state index contributed by atoms with van der Waals surface area (Å²) in [5.41, 5.74) is 2.86. The van der Waals surface area contributed by atoms with Crippen LogP contribution in [0, 0.1) is 0 Å². The standard InChI is InChI=1S/C23H21ClN6O2/c1-14-4-5-17(21-28-22(32-29-21)20-10-18(24)12-27-20)13-30(14)23(31)15-6-8-26-19(9-15)16-3-2-7-25-11-16/h2-3,6-12,14,17,27H,4-5,13H2,1H3.